The van der Waals surface area contributed by atoms with E-state index in [4.69, 9.17) is 0 Å². The molecule has 0 aliphatic rings. The van der Waals surface area contributed by atoms with Crippen LogP contribution in [0.2, 0.25) is 0 Å². The number of benzene rings is 1. The minimum atomic E-state index is -0.934. The first-order valence-corrected chi connectivity index (χ1v) is 9.27. The Morgan fingerprint density at radius 1 is 1.30 bits per heavy atom. The Labute approximate surface area is 160 Å². The van der Waals surface area contributed by atoms with Crippen LogP contribution in [0.25, 0.3) is 10.6 Å². The minimum absolute atomic E-state index is 0.0582. The monoisotopic (exact) mass is 384 g/mol. The number of hydrogen-bond acceptors (Lipinski definition) is 5. The number of nitrogens with zero attached hydrogens (tertiary/aromatic N) is 3. The fraction of sp³-hybridized carbons (Fsp3) is 0.263. The number of nitrogens with one attached hydrogen (secondary N) is 1. The molecular formula is C19H20N4O3S. The Morgan fingerprint density at radius 2 is 2.04 bits per heavy atom. The van der Waals surface area contributed by atoms with Crippen molar-refractivity contribution in [2.24, 2.45) is 13.0 Å². The summed E-state index contributed by atoms with van der Waals surface area (Å²) in [6, 6.07) is 9.38. The van der Waals surface area contributed by atoms with Crippen molar-refractivity contribution in [2.75, 3.05) is 6.54 Å². The molecule has 3 rings (SSSR count). The molecule has 0 aliphatic heterocycles. The summed E-state index contributed by atoms with van der Waals surface area (Å²) in [5.74, 6) is -1.93. The molecular weight excluding hydrogens is 364 g/mol. The summed E-state index contributed by atoms with van der Waals surface area (Å²) < 4.78 is 1.67. The molecule has 2 N–H and O–H groups in total. The van der Waals surface area contributed by atoms with Gasteiger partial charge < -0.3 is 10.4 Å². The van der Waals surface area contributed by atoms with Crippen molar-refractivity contribution in [1.29, 1.82) is 0 Å². The highest BCUT2D eigenvalue weighted by Gasteiger charge is 2.22. The molecule has 0 radical (unpaired) electrons. The Hall–Kier alpha value is -3.00. The quantitative estimate of drug-likeness (QED) is 0.652. The number of rotatable bonds is 7. The fourth-order valence-corrected chi connectivity index (χ4v) is 3.66. The van der Waals surface area contributed by atoms with E-state index in [2.05, 4.69) is 15.4 Å². The van der Waals surface area contributed by atoms with Gasteiger partial charge in [-0.2, -0.15) is 5.10 Å². The van der Waals surface area contributed by atoms with Crippen molar-refractivity contribution in [3.8, 4) is 10.6 Å². The SMILES string of the molecule is Cc1nc(-c2cnn(C)c2)sc1C(=O)NCC(Cc1ccccc1)C(=O)O. The van der Waals surface area contributed by atoms with E-state index in [1.807, 2.05) is 43.6 Å². The van der Waals surface area contributed by atoms with Crippen LogP contribution in [0.15, 0.2) is 42.7 Å². The van der Waals surface area contributed by atoms with E-state index in [0.29, 0.717) is 22.0 Å². The van der Waals surface area contributed by atoms with Gasteiger partial charge >= 0.3 is 5.97 Å². The highest BCUT2D eigenvalue weighted by Crippen LogP contribution is 2.27. The van der Waals surface area contributed by atoms with Crippen molar-refractivity contribution in [2.45, 2.75) is 13.3 Å². The predicted molar refractivity (Wildman–Crippen MR) is 103 cm³/mol. The normalized spacial score (nSPS) is 11.9. The summed E-state index contributed by atoms with van der Waals surface area (Å²) in [5, 5.41) is 17.0. The van der Waals surface area contributed by atoms with E-state index in [1.54, 1.807) is 17.8 Å². The van der Waals surface area contributed by atoms with Crippen LogP contribution in [0, 0.1) is 12.8 Å². The highest BCUT2D eigenvalue weighted by molar-refractivity contribution is 7.17. The number of hydrogen-bond donors (Lipinski definition) is 2. The zero-order chi connectivity index (χ0) is 19.4. The molecule has 2 heterocycles. The molecule has 0 spiro atoms. The standard InChI is InChI=1S/C19H20N4O3S/c1-12-16(27-18(22-12)15-10-21-23(2)11-15)17(24)20-9-14(19(25)26)8-13-6-4-3-5-7-13/h3-7,10-11,14H,8-9H2,1-2H3,(H,20,24)(H,25,26). The molecule has 0 aliphatic carbocycles. The first kappa shape index (κ1) is 18.8. The second-order valence-electron chi connectivity index (χ2n) is 6.27. The van der Waals surface area contributed by atoms with Crippen LogP contribution >= 0.6 is 11.3 Å². The molecule has 1 aromatic carbocycles. The summed E-state index contributed by atoms with van der Waals surface area (Å²) >= 11 is 1.27. The fourth-order valence-electron chi connectivity index (χ4n) is 2.70. The zero-order valence-corrected chi connectivity index (χ0v) is 15.9. The van der Waals surface area contributed by atoms with Crippen LogP contribution in [-0.4, -0.2) is 38.3 Å². The number of amides is 1. The molecule has 140 valence electrons. The number of carboxylic acids is 1. The van der Waals surface area contributed by atoms with Crippen molar-refractivity contribution in [1.82, 2.24) is 20.1 Å². The topological polar surface area (TPSA) is 97.1 Å². The summed E-state index contributed by atoms with van der Waals surface area (Å²) in [4.78, 5) is 29.0. The minimum Gasteiger partial charge on any atom is -0.481 e. The van der Waals surface area contributed by atoms with Crippen molar-refractivity contribution in [3.63, 3.8) is 0 Å². The number of carbonyl (C=O) groups excluding carboxylic acids is 1. The second kappa shape index (κ2) is 8.13. The van der Waals surface area contributed by atoms with Crippen LogP contribution in [-0.2, 0) is 18.3 Å². The molecule has 2 aromatic heterocycles. The largest absolute Gasteiger partial charge is 0.481 e. The lowest BCUT2D eigenvalue weighted by molar-refractivity contribution is -0.141. The number of carbonyl (C=O) groups is 2. The van der Waals surface area contributed by atoms with Gasteiger partial charge in [-0.25, -0.2) is 4.98 Å². The smallest absolute Gasteiger partial charge is 0.308 e. The van der Waals surface area contributed by atoms with Gasteiger partial charge in [-0.3, -0.25) is 14.3 Å². The molecule has 1 unspecified atom stereocenters. The van der Waals surface area contributed by atoms with Crippen molar-refractivity contribution in [3.05, 3.63) is 58.9 Å². The first-order chi connectivity index (χ1) is 12.9. The molecule has 27 heavy (non-hydrogen) atoms. The number of carboxylic acid groups (broad SMARTS) is 1. The molecule has 0 saturated carbocycles. The Bertz CT molecular complexity index is 949. The average molecular weight is 384 g/mol. The third kappa shape index (κ3) is 4.59. The second-order valence-corrected chi connectivity index (χ2v) is 7.27. The van der Waals surface area contributed by atoms with Crippen LogP contribution < -0.4 is 5.32 Å². The van der Waals surface area contributed by atoms with Crippen molar-refractivity contribution >= 4 is 23.2 Å². The van der Waals surface area contributed by atoms with Gasteiger partial charge in [0, 0.05) is 25.4 Å². The van der Waals surface area contributed by atoms with Gasteiger partial charge in [0.1, 0.15) is 9.88 Å². The Kier molecular flexibility index (Phi) is 5.66. The Morgan fingerprint density at radius 3 is 2.67 bits per heavy atom. The van der Waals surface area contributed by atoms with Crippen LogP contribution in [0.4, 0.5) is 0 Å². The van der Waals surface area contributed by atoms with Crippen LogP contribution in [0.5, 0.6) is 0 Å². The third-order valence-electron chi connectivity index (χ3n) is 4.14. The zero-order valence-electron chi connectivity index (χ0n) is 15.0. The Balaban J connectivity index is 1.67. The molecule has 1 amide bonds. The van der Waals surface area contributed by atoms with E-state index in [1.165, 1.54) is 11.3 Å². The average Bonchev–Trinajstić information content (AvgIpc) is 3.24. The number of thiazole rings is 1. The van der Waals surface area contributed by atoms with Gasteiger partial charge in [-0.1, -0.05) is 30.3 Å². The maximum atomic E-state index is 12.5. The number of aliphatic carboxylic acids is 1. The first-order valence-electron chi connectivity index (χ1n) is 8.45. The molecule has 1 atom stereocenters. The third-order valence-corrected chi connectivity index (χ3v) is 5.34. The number of aromatic nitrogens is 3. The summed E-state index contributed by atoms with van der Waals surface area (Å²) in [5.41, 5.74) is 2.38. The lowest BCUT2D eigenvalue weighted by Crippen LogP contribution is -2.34. The van der Waals surface area contributed by atoms with Gasteiger partial charge in [-0.05, 0) is 18.9 Å². The van der Waals surface area contributed by atoms with Gasteiger partial charge in [0.25, 0.3) is 5.91 Å². The van der Waals surface area contributed by atoms with Crippen molar-refractivity contribution < 1.29 is 14.7 Å². The van der Waals surface area contributed by atoms with Gasteiger partial charge in [-0.15, -0.1) is 11.3 Å². The maximum absolute atomic E-state index is 12.5. The summed E-state index contributed by atoms with van der Waals surface area (Å²) in [6.45, 7) is 1.83. The molecule has 3 aromatic rings. The van der Waals surface area contributed by atoms with Crippen LogP contribution in [0.3, 0.4) is 0 Å². The molecule has 0 saturated heterocycles. The maximum Gasteiger partial charge on any atom is 0.308 e. The predicted octanol–water partition coefficient (Wildman–Crippen LogP) is 2.53. The van der Waals surface area contributed by atoms with Gasteiger partial charge in [0.05, 0.1) is 17.8 Å². The molecule has 8 heteroatoms. The van der Waals surface area contributed by atoms with E-state index >= 15 is 0 Å². The lowest BCUT2D eigenvalue weighted by Gasteiger charge is -2.13. The molecule has 0 fully saturated rings. The van der Waals surface area contributed by atoms with E-state index in [-0.39, 0.29) is 12.5 Å². The van der Waals surface area contributed by atoms with E-state index < -0.39 is 11.9 Å². The summed E-state index contributed by atoms with van der Waals surface area (Å²) in [6.07, 6.45) is 3.89. The van der Waals surface area contributed by atoms with Gasteiger partial charge in [0.15, 0.2) is 0 Å². The molecule has 7 nitrogen and oxygen atoms in total. The molecule has 0 bridgehead atoms. The van der Waals surface area contributed by atoms with E-state index in [9.17, 15) is 14.7 Å². The summed E-state index contributed by atoms with van der Waals surface area (Å²) in [7, 11) is 1.82. The van der Waals surface area contributed by atoms with Gasteiger partial charge in [0.2, 0.25) is 0 Å². The lowest BCUT2D eigenvalue weighted by atomic mass is 9.99. The van der Waals surface area contributed by atoms with E-state index in [0.717, 1.165) is 11.1 Å². The number of aryl methyl sites for hydroxylation is 2. The highest BCUT2D eigenvalue weighted by atomic mass is 32.1. The van der Waals surface area contributed by atoms with Crippen LogP contribution in [0.1, 0.15) is 20.9 Å².